The second-order valence-electron chi connectivity index (χ2n) is 10.5. The molecule has 9 nitrogen and oxygen atoms in total. The van der Waals surface area contributed by atoms with E-state index in [1.54, 1.807) is 22.8 Å². The fourth-order valence-corrected chi connectivity index (χ4v) is 5.62. The first-order valence-corrected chi connectivity index (χ1v) is 13.4. The van der Waals surface area contributed by atoms with Crippen LogP contribution in [0.2, 0.25) is 0 Å². The zero-order valence-corrected chi connectivity index (χ0v) is 22.8. The van der Waals surface area contributed by atoms with Gasteiger partial charge in [-0.1, -0.05) is 18.2 Å². The summed E-state index contributed by atoms with van der Waals surface area (Å²) in [5.41, 5.74) is 11.5. The third kappa shape index (κ3) is 5.18. The molecule has 3 aromatic rings. The molecule has 0 amide bonds. The minimum absolute atomic E-state index is 0.00354. The minimum atomic E-state index is -0.308. The smallest absolute Gasteiger partial charge is 0.270 e. The summed E-state index contributed by atoms with van der Waals surface area (Å²) in [7, 11) is 1.71. The molecular formula is C30H36N6O3. The number of nitrogens with zero attached hydrogens (tertiary/aromatic N) is 4. The predicted octanol–water partition coefficient (Wildman–Crippen LogP) is 3.59. The van der Waals surface area contributed by atoms with Crippen molar-refractivity contribution in [2.45, 2.75) is 39.2 Å². The van der Waals surface area contributed by atoms with Gasteiger partial charge in [0.25, 0.3) is 5.56 Å². The normalized spacial score (nSPS) is 18.4. The number of pyridine rings is 1. The Bertz CT molecular complexity index is 1510. The van der Waals surface area contributed by atoms with Crippen molar-refractivity contribution in [1.82, 2.24) is 4.57 Å². The number of para-hydroxylation sites is 1. The maximum atomic E-state index is 13.3. The largest absolute Gasteiger partial charge is 0.488 e. The molecule has 2 aliphatic heterocycles. The number of aromatic nitrogens is 1. The standard InChI is InChI=1S/C30H36N6O3/c1-19-6-4-5-7-26(19)36(33)17-25(32)21-8-11-35(12-9-21)29-23-14-20(2)28(39-22-10-13-38-18-22)15-27(23)34(3)30(37)24(29)16-31/h4-7,14-15,17,21-22H,8-13,18,32-33H2,1-3H3/b25-17-. The molecule has 1 aromatic heterocycles. The van der Waals surface area contributed by atoms with E-state index in [9.17, 15) is 10.1 Å². The number of rotatable bonds is 6. The van der Waals surface area contributed by atoms with Crippen molar-refractivity contribution in [3.63, 3.8) is 0 Å². The van der Waals surface area contributed by atoms with Crippen LogP contribution in [0.5, 0.6) is 5.75 Å². The molecule has 2 fully saturated rings. The fourth-order valence-electron chi connectivity index (χ4n) is 5.62. The molecule has 2 aromatic carbocycles. The number of hydrazine groups is 1. The van der Waals surface area contributed by atoms with E-state index in [-0.39, 0.29) is 23.1 Å². The lowest BCUT2D eigenvalue weighted by molar-refractivity contribution is 0.141. The van der Waals surface area contributed by atoms with Crippen molar-refractivity contribution in [2.75, 3.05) is 36.2 Å². The van der Waals surface area contributed by atoms with E-state index in [4.69, 9.17) is 21.1 Å². The molecule has 5 rings (SSSR count). The maximum Gasteiger partial charge on any atom is 0.270 e. The molecule has 39 heavy (non-hydrogen) atoms. The van der Waals surface area contributed by atoms with Crippen LogP contribution >= 0.6 is 0 Å². The van der Waals surface area contributed by atoms with Gasteiger partial charge in [0.15, 0.2) is 0 Å². The van der Waals surface area contributed by atoms with Gasteiger partial charge in [0.2, 0.25) is 0 Å². The number of hydrogen-bond donors (Lipinski definition) is 2. The Morgan fingerprint density at radius 1 is 1.18 bits per heavy atom. The van der Waals surface area contributed by atoms with Crippen LogP contribution in [0.3, 0.4) is 0 Å². The Labute approximate surface area is 228 Å². The Morgan fingerprint density at radius 2 is 1.92 bits per heavy atom. The number of anilines is 2. The number of ether oxygens (including phenoxy) is 2. The highest BCUT2D eigenvalue weighted by Crippen LogP contribution is 2.36. The third-order valence-corrected chi connectivity index (χ3v) is 7.92. The quantitative estimate of drug-likeness (QED) is 0.368. The van der Waals surface area contributed by atoms with Gasteiger partial charge in [-0.3, -0.25) is 9.80 Å². The second kappa shape index (κ2) is 11.0. The molecule has 2 saturated heterocycles. The van der Waals surface area contributed by atoms with Crippen LogP contribution in [0.4, 0.5) is 11.4 Å². The summed E-state index contributed by atoms with van der Waals surface area (Å²) in [5, 5.41) is 12.5. The van der Waals surface area contributed by atoms with Gasteiger partial charge in [-0.25, -0.2) is 5.84 Å². The lowest BCUT2D eigenvalue weighted by atomic mass is 9.92. The SMILES string of the molecule is Cc1cc2c(N3CCC(/C(N)=C/N(N)c4ccccc4C)CC3)c(C#N)c(=O)n(C)c2cc1OC1CCOC1. The van der Waals surface area contributed by atoms with Crippen LogP contribution in [0.1, 0.15) is 36.0 Å². The molecule has 3 heterocycles. The number of benzene rings is 2. The molecule has 1 atom stereocenters. The molecule has 0 bridgehead atoms. The van der Waals surface area contributed by atoms with E-state index in [0.29, 0.717) is 32.0 Å². The highest BCUT2D eigenvalue weighted by atomic mass is 16.5. The summed E-state index contributed by atoms with van der Waals surface area (Å²) in [5.74, 6) is 7.19. The van der Waals surface area contributed by atoms with Crippen molar-refractivity contribution in [2.24, 2.45) is 24.5 Å². The average Bonchev–Trinajstić information content (AvgIpc) is 3.45. The van der Waals surface area contributed by atoms with E-state index in [0.717, 1.165) is 58.4 Å². The Morgan fingerprint density at radius 3 is 2.59 bits per heavy atom. The molecule has 0 aliphatic carbocycles. The van der Waals surface area contributed by atoms with Crippen LogP contribution in [0.25, 0.3) is 10.9 Å². The van der Waals surface area contributed by atoms with E-state index >= 15 is 0 Å². The molecule has 204 valence electrons. The van der Waals surface area contributed by atoms with E-state index < -0.39 is 0 Å². The molecular weight excluding hydrogens is 492 g/mol. The zero-order chi connectivity index (χ0) is 27.7. The van der Waals surface area contributed by atoms with Crippen molar-refractivity contribution in [3.8, 4) is 11.8 Å². The fraction of sp³-hybridized carbons (Fsp3) is 0.400. The molecule has 4 N–H and O–H groups in total. The molecule has 0 radical (unpaired) electrons. The Hall–Kier alpha value is -4.00. The predicted molar refractivity (Wildman–Crippen MR) is 154 cm³/mol. The van der Waals surface area contributed by atoms with Crippen LogP contribution in [-0.4, -0.2) is 37.0 Å². The maximum absolute atomic E-state index is 13.3. The van der Waals surface area contributed by atoms with E-state index in [2.05, 4.69) is 11.0 Å². The summed E-state index contributed by atoms with van der Waals surface area (Å²) in [6.07, 6.45) is 4.22. The van der Waals surface area contributed by atoms with Crippen LogP contribution in [-0.2, 0) is 11.8 Å². The summed E-state index contributed by atoms with van der Waals surface area (Å²) in [4.78, 5) is 15.4. The lowest BCUT2D eigenvalue weighted by Gasteiger charge is -2.35. The molecule has 9 heteroatoms. The van der Waals surface area contributed by atoms with E-state index in [1.165, 1.54) is 0 Å². The summed E-state index contributed by atoms with van der Waals surface area (Å²) >= 11 is 0. The van der Waals surface area contributed by atoms with Gasteiger partial charge in [-0.05, 0) is 49.9 Å². The van der Waals surface area contributed by atoms with Gasteiger partial charge in [0.1, 0.15) is 23.5 Å². The molecule has 0 spiro atoms. The minimum Gasteiger partial charge on any atom is -0.488 e. The summed E-state index contributed by atoms with van der Waals surface area (Å²) in [6.45, 7) is 6.60. The Kier molecular flexibility index (Phi) is 7.51. The number of nitriles is 1. The van der Waals surface area contributed by atoms with Gasteiger partial charge in [0, 0.05) is 55.8 Å². The monoisotopic (exact) mass is 528 g/mol. The number of piperidine rings is 1. The number of aryl methyl sites for hydroxylation is 3. The van der Waals surface area contributed by atoms with Gasteiger partial charge in [-0.15, -0.1) is 0 Å². The first-order valence-electron chi connectivity index (χ1n) is 13.4. The number of hydrogen-bond acceptors (Lipinski definition) is 8. The van der Waals surface area contributed by atoms with Crippen LogP contribution in [0.15, 0.2) is 53.1 Å². The zero-order valence-electron chi connectivity index (χ0n) is 22.8. The van der Waals surface area contributed by atoms with Crippen LogP contribution < -0.4 is 31.8 Å². The molecule has 1 unspecified atom stereocenters. The van der Waals surface area contributed by atoms with E-state index in [1.807, 2.05) is 50.2 Å². The number of nitrogens with two attached hydrogens (primary N) is 2. The van der Waals surface area contributed by atoms with Crippen LogP contribution in [0, 0.1) is 31.1 Å². The van der Waals surface area contributed by atoms with Crippen molar-refractivity contribution in [1.29, 1.82) is 5.26 Å². The second-order valence-corrected chi connectivity index (χ2v) is 10.5. The average molecular weight is 529 g/mol. The highest BCUT2D eigenvalue weighted by Gasteiger charge is 2.27. The molecule has 2 aliphatic rings. The van der Waals surface area contributed by atoms with Crippen molar-refractivity contribution in [3.05, 3.63) is 75.3 Å². The van der Waals surface area contributed by atoms with Gasteiger partial charge in [-0.2, -0.15) is 5.26 Å². The Balaban J connectivity index is 1.42. The summed E-state index contributed by atoms with van der Waals surface area (Å²) < 4.78 is 13.2. The molecule has 0 saturated carbocycles. The van der Waals surface area contributed by atoms with Gasteiger partial charge < -0.3 is 24.7 Å². The number of fused-ring (bicyclic) bond motifs is 1. The third-order valence-electron chi connectivity index (χ3n) is 7.92. The number of allylic oxidation sites excluding steroid dienone is 1. The summed E-state index contributed by atoms with van der Waals surface area (Å²) in [6, 6.07) is 14.0. The van der Waals surface area contributed by atoms with Crippen molar-refractivity contribution < 1.29 is 9.47 Å². The first kappa shape index (κ1) is 26.6. The lowest BCUT2D eigenvalue weighted by Crippen LogP contribution is -2.38. The first-order chi connectivity index (χ1) is 18.8. The highest BCUT2D eigenvalue weighted by molar-refractivity contribution is 5.96. The topological polar surface area (TPSA) is 123 Å². The van der Waals surface area contributed by atoms with Gasteiger partial charge in [0.05, 0.1) is 30.1 Å². The van der Waals surface area contributed by atoms with Crippen molar-refractivity contribution >= 4 is 22.3 Å². The van der Waals surface area contributed by atoms with Gasteiger partial charge >= 0.3 is 0 Å².